The van der Waals surface area contributed by atoms with Crippen LogP contribution < -0.4 is 10.3 Å². The van der Waals surface area contributed by atoms with Gasteiger partial charge in [0.25, 0.3) is 5.56 Å². The highest BCUT2D eigenvalue weighted by atomic mass is 35.5. The van der Waals surface area contributed by atoms with Crippen molar-refractivity contribution in [1.82, 2.24) is 19.5 Å². The highest BCUT2D eigenvalue weighted by molar-refractivity contribution is 6.33. The molecule has 4 aromatic rings. The molecule has 0 unspecified atom stereocenters. The number of aromatic nitrogens is 4. The third kappa shape index (κ3) is 5.28. The molecule has 36 heavy (non-hydrogen) atoms. The summed E-state index contributed by atoms with van der Waals surface area (Å²) in [5.41, 5.74) is 2.84. The molecule has 0 saturated carbocycles. The van der Waals surface area contributed by atoms with Crippen LogP contribution in [-0.2, 0) is 12.2 Å². The fourth-order valence-electron chi connectivity index (χ4n) is 3.78. The first-order valence-electron chi connectivity index (χ1n) is 11.3. The minimum absolute atomic E-state index is 0.0608. The van der Waals surface area contributed by atoms with Gasteiger partial charge in [0.2, 0.25) is 5.88 Å². The maximum absolute atomic E-state index is 13.3. The molecule has 7 nitrogen and oxygen atoms in total. The summed E-state index contributed by atoms with van der Waals surface area (Å²) in [6.45, 7) is 9.01. The Labute approximate surface area is 219 Å². The van der Waals surface area contributed by atoms with Gasteiger partial charge >= 0.3 is 0 Å². The van der Waals surface area contributed by atoms with Crippen molar-refractivity contribution in [2.75, 3.05) is 0 Å². The largest absolute Gasteiger partial charge is 0.472 e. The van der Waals surface area contributed by atoms with Gasteiger partial charge in [-0.05, 0) is 57.9 Å². The van der Waals surface area contributed by atoms with Gasteiger partial charge in [0, 0.05) is 11.8 Å². The predicted molar refractivity (Wildman–Crippen MR) is 141 cm³/mol. The van der Waals surface area contributed by atoms with E-state index in [4.69, 9.17) is 27.9 Å². The monoisotopic (exact) mass is 524 g/mol. The quantitative estimate of drug-likeness (QED) is 0.346. The smallest absolute Gasteiger partial charge is 0.280 e. The zero-order valence-electron chi connectivity index (χ0n) is 20.6. The lowest BCUT2D eigenvalue weighted by Gasteiger charge is -2.18. The van der Waals surface area contributed by atoms with Gasteiger partial charge in [-0.15, -0.1) is 0 Å². The summed E-state index contributed by atoms with van der Waals surface area (Å²) in [5, 5.41) is 10.6. The van der Waals surface area contributed by atoms with Gasteiger partial charge in [0.05, 0.1) is 16.4 Å². The molecule has 9 heteroatoms. The van der Waals surface area contributed by atoms with E-state index in [0.717, 1.165) is 16.7 Å². The van der Waals surface area contributed by atoms with Crippen molar-refractivity contribution < 1.29 is 9.84 Å². The van der Waals surface area contributed by atoms with Crippen LogP contribution in [0.25, 0.3) is 16.9 Å². The fourth-order valence-corrected chi connectivity index (χ4v) is 4.16. The van der Waals surface area contributed by atoms with Crippen LogP contribution in [-0.4, -0.2) is 24.6 Å². The van der Waals surface area contributed by atoms with Crippen molar-refractivity contribution in [1.29, 1.82) is 0 Å². The van der Waals surface area contributed by atoms with E-state index in [-0.39, 0.29) is 23.3 Å². The molecule has 0 bridgehead atoms. The van der Waals surface area contributed by atoms with Gasteiger partial charge in [-0.2, -0.15) is 4.98 Å². The van der Waals surface area contributed by atoms with Crippen molar-refractivity contribution in [3.63, 3.8) is 0 Å². The third-order valence-electron chi connectivity index (χ3n) is 5.60. The van der Waals surface area contributed by atoms with Crippen LogP contribution in [0.5, 0.6) is 5.88 Å². The zero-order chi connectivity index (χ0) is 26.2. The molecule has 0 aliphatic rings. The minimum Gasteiger partial charge on any atom is -0.472 e. The van der Waals surface area contributed by atoms with Crippen molar-refractivity contribution in [3.05, 3.63) is 97.4 Å². The minimum atomic E-state index is -1.21. The fraction of sp³-hybridized carbons (Fsp3) is 0.259. The average molecular weight is 525 g/mol. The lowest BCUT2D eigenvalue weighted by Crippen LogP contribution is -2.24. The normalized spacial score (nSPS) is 11.6. The van der Waals surface area contributed by atoms with Gasteiger partial charge in [-0.1, -0.05) is 59.1 Å². The van der Waals surface area contributed by atoms with Crippen LogP contribution in [0.1, 0.15) is 42.2 Å². The number of hydrogen-bond donors (Lipinski definition) is 1. The molecule has 4 rings (SSSR count). The molecule has 0 atom stereocenters. The average Bonchev–Trinajstić information content (AvgIpc) is 2.81. The Morgan fingerprint density at radius 2 is 1.81 bits per heavy atom. The topological polar surface area (TPSA) is 90.1 Å². The van der Waals surface area contributed by atoms with E-state index in [9.17, 15) is 9.90 Å². The number of hydrogen-bond acceptors (Lipinski definition) is 6. The molecule has 2 aromatic carbocycles. The molecule has 0 amide bonds. The highest BCUT2D eigenvalue weighted by Gasteiger charge is 2.22. The van der Waals surface area contributed by atoms with Gasteiger partial charge in [0.15, 0.2) is 10.8 Å². The number of halogens is 2. The van der Waals surface area contributed by atoms with Crippen molar-refractivity contribution >= 4 is 23.2 Å². The number of ether oxygens (including phenoxy) is 1. The lowest BCUT2D eigenvalue weighted by atomic mass is 10.0. The number of rotatable bonds is 6. The molecule has 0 fully saturated rings. The summed E-state index contributed by atoms with van der Waals surface area (Å²) >= 11 is 12.9. The molecule has 0 saturated heterocycles. The Morgan fingerprint density at radius 3 is 2.50 bits per heavy atom. The van der Waals surface area contributed by atoms with Gasteiger partial charge in [-0.25, -0.2) is 9.97 Å². The molecule has 2 aromatic heterocycles. The second-order valence-electron chi connectivity index (χ2n) is 9.15. The van der Waals surface area contributed by atoms with Crippen LogP contribution in [0, 0.1) is 20.8 Å². The van der Waals surface area contributed by atoms with Gasteiger partial charge in [0.1, 0.15) is 18.0 Å². The van der Waals surface area contributed by atoms with E-state index in [1.54, 1.807) is 45.2 Å². The van der Waals surface area contributed by atoms with Crippen LogP contribution >= 0.6 is 23.2 Å². The summed E-state index contributed by atoms with van der Waals surface area (Å²) in [7, 11) is 0. The van der Waals surface area contributed by atoms with E-state index in [1.807, 2.05) is 38.1 Å². The Morgan fingerprint density at radius 1 is 1.06 bits per heavy atom. The summed E-state index contributed by atoms with van der Waals surface area (Å²) in [4.78, 5) is 26.6. The summed E-state index contributed by atoms with van der Waals surface area (Å²) in [5.74, 6) is 0.706. The number of aryl methyl sites for hydroxylation is 3. The highest BCUT2D eigenvalue weighted by Crippen LogP contribution is 2.31. The zero-order valence-corrected chi connectivity index (χ0v) is 22.1. The lowest BCUT2D eigenvalue weighted by molar-refractivity contribution is 0.0688. The summed E-state index contributed by atoms with van der Waals surface area (Å²) in [6, 6.07) is 13.1. The van der Waals surface area contributed by atoms with E-state index in [0.29, 0.717) is 27.8 Å². The maximum atomic E-state index is 13.3. The number of aliphatic hydroxyl groups is 1. The number of nitrogens with zero attached hydrogens (tertiary/aromatic N) is 4. The Balaban J connectivity index is 1.75. The van der Waals surface area contributed by atoms with Crippen LogP contribution in [0.15, 0.2) is 53.5 Å². The van der Waals surface area contributed by atoms with E-state index < -0.39 is 11.2 Å². The third-order valence-corrected chi connectivity index (χ3v) is 6.25. The molecular formula is C27H26Cl2N4O3. The van der Waals surface area contributed by atoms with Crippen LogP contribution in [0.3, 0.4) is 0 Å². The van der Waals surface area contributed by atoms with E-state index in [1.165, 1.54) is 4.57 Å². The SMILES string of the molecule is Cc1cccc(COc2nc(C)n(-c3cc(-c4nc(C(C)(C)O)ncc4C)ccc3Cl)c(=O)c2Cl)c1. The number of benzene rings is 2. The Kier molecular flexibility index (Phi) is 7.18. The van der Waals surface area contributed by atoms with E-state index >= 15 is 0 Å². The van der Waals surface area contributed by atoms with Crippen LogP contribution in [0.2, 0.25) is 10.0 Å². The molecule has 1 N–H and O–H groups in total. The Bertz CT molecular complexity index is 1510. The van der Waals surface area contributed by atoms with Crippen molar-refractivity contribution in [2.24, 2.45) is 0 Å². The second kappa shape index (κ2) is 10.0. The molecular weight excluding hydrogens is 499 g/mol. The first-order valence-corrected chi connectivity index (χ1v) is 12.1. The molecule has 0 aliphatic carbocycles. The standard InChI is InChI=1S/C27H26Cl2N4O3/c1-15-7-6-8-18(11-15)14-36-24-22(29)25(34)33(17(3)31-24)21-12-19(9-10-20(21)28)23-16(2)13-30-26(32-23)27(4,5)35/h6-13,35H,14H2,1-5H3. The van der Waals surface area contributed by atoms with Crippen molar-refractivity contribution in [3.8, 4) is 22.8 Å². The van der Waals surface area contributed by atoms with Crippen molar-refractivity contribution in [2.45, 2.75) is 46.8 Å². The first-order chi connectivity index (χ1) is 17.0. The molecule has 186 valence electrons. The van der Waals surface area contributed by atoms with Crippen LogP contribution in [0.4, 0.5) is 0 Å². The summed E-state index contributed by atoms with van der Waals surface area (Å²) in [6.07, 6.45) is 1.65. The first kappa shape index (κ1) is 25.8. The molecule has 0 aliphatic heterocycles. The second-order valence-corrected chi connectivity index (χ2v) is 9.93. The van der Waals surface area contributed by atoms with Gasteiger partial charge in [-0.3, -0.25) is 9.36 Å². The van der Waals surface area contributed by atoms with E-state index in [2.05, 4.69) is 15.0 Å². The summed E-state index contributed by atoms with van der Waals surface area (Å²) < 4.78 is 7.13. The van der Waals surface area contributed by atoms with Gasteiger partial charge < -0.3 is 9.84 Å². The molecule has 0 spiro atoms. The Hall–Kier alpha value is -3.26. The molecule has 2 heterocycles. The molecule has 0 radical (unpaired) electrons. The predicted octanol–water partition coefficient (Wildman–Crippen LogP) is 5.73. The maximum Gasteiger partial charge on any atom is 0.280 e.